The Morgan fingerprint density at radius 2 is 1.90 bits per heavy atom. The van der Waals surface area contributed by atoms with Crippen molar-refractivity contribution in [1.29, 1.82) is 0 Å². The summed E-state index contributed by atoms with van der Waals surface area (Å²) in [5.41, 5.74) is 0.0331. The molecule has 0 aliphatic heterocycles. The molecule has 1 amide bonds. The number of carbonyl (C=O) groups excluding carboxylic acids is 1. The first-order valence-corrected chi connectivity index (χ1v) is 10.8. The van der Waals surface area contributed by atoms with Crippen LogP contribution in [0.2, 0.25) is 5.02 Å². The average Bonchev–Trinajstić information content (AvgIpc) is 3.07. The van der Waals surface area contributed by atoms with E-state index in [4.69, 9.17) is 16.1 Å². The molecule has 6 nitrogen and oxygen atoms in total. The molecule has 29 heavy (non-hydrogen) atoms. The molecule has 1 aromatic heterocycles. The minimum absolute atomic E-state index is 0.00000656. The third-order valence-corrected chi connectivity index (χ3v) is 6.40. The number of halogens is 2. The Kier molecular flexibility index (Phi) is 6.34. The molecule has 0 aliphatic carbocycles. The number of nitrogens with zero attached hydrogens (tertiary/aromatic N) is 1. The van der Waals surface area contributed by atoms with E-state index in [1.54, 1.807) is 18.2 Å². The first kappa shape index (κ1) is 21.0. The molecule has 1 heterocycles. The van der Waals surface area contributed by atoms with Gasteiger partial charge in [-0.15, -0.1) is 0 Å². The van der Waals surface area contributed by atoms with Gasteiger partial charge in [0.15, 0.2) is 9.84 Å². The molecule has 0 aliphatic rings. The van der Waals surface area contributed by atoms with Crippen LogP contribution in [0.5, 0.6) is 0 Å². The van der Waals surface area contributed by atoms with E-state index >= 15 is 0 Å². The number of carbonyl (C=O) groups is 1. The van der Waals surface area contributed by atoms with Gasteiger partial charge in [-0.05, 0) is 37.6 Å². The molecule has 1 N–H and O–H groups in total. The van der Waals surface area contributed by atoms with Crippen LogP contribution in [0.3, 0.4) is 0 Å². The zero-order valence-corrected chi connectivity index (χ0v) is 17.1. The van der Waals surface area contributed by atoms with Crippen molar-refractivity contribution in [3.8, 4) is 11.3 Å². The van der Waals surface area contributed by atoms with E-state index in [2.05, 4.69) is 10.5 Å². The summed E-state index contributed by atoms with van der Waals surface area (Å²) in [7, 11) is -3.43. The zero-order valence-electron chi connectivity index (χ0n) is 15.5. The lowest BCUT2D eigenvalue weighted by Gasteiger charge is -2.08. The van der Waals surface area contributed by atoms with Crippen LogP contribution in [0.4, 0.5) is 4.39 Å². The lowest BCUT2D eigenvalue weighted by molar-refractivity contribution is 0.0952. The molecule has 0 saturated heterocycles. The van der Waals surface area contributed by atoms with Gasteiger partial charge in [0.25, 0.3) is 5.91 Å². The van der Waals surface area contributed by atoms with Crippen molar-refractivity contribution in [2.24, 2.45) is 0 Å². The third-order valence-electron chi connectivity index (χ3n) is 4.27. The van der Waals surface area contributed by atoms with Crippen LogP contribution < -0.4 is 5.32 Å². The van der Waals surface area contributed by atoms with Crippen molar-refractivity contribution in [2.45, 2.75) is 18.2 Å². The second kappa shape index (κ2) is 8.75. The van der Waals surface area contributed by atoms with Gasteiger partial charge in [-0.25, -0.2) is 12.8 Å². The Bertz CT molecular complexity index is 1110. The molecule has 3 rings (SSSR count). The molecule has 2 aromatic carbocycles. The second-order valence-corrected chi connectivity index (χ2v) is 8.82. The maximum absolute atomic E-state index is 14.2. The molecular weight excluding hydrogens is 419 g/mol. The van der Waals surface area contributed by atoms with Gasteiger partial charge in [0.2, 0.25) is 0 Å². The monoisotopic (exact) mass is 436 g/mol. The number of hydrogen-bond acceptors (Lipinski definition) is 5. The largest absolute Gasteiger partial charge is 0.360 e. The van der Waals surface area contributed by atoms with Gasteiger partial charge in [-0.3, -0.25) is 4.79 Å². The molecule has 3 aromatic rings. The zero-order chi connectivity index (χ0) is 21.0. The number of amides is 1. The van der Waals surface area contributed by atoms with Gasteiger partial charge >= 0.3 is 0 Å². The van der Waals surface area contributed by atoms with Crippen LogP contribution in [-0.2, 0) is 9.84 Å². The highest BCUT2D eigenvalue weighted by Gasteiger charge is 2.25. The Balaban J connectivity index is 1.69. The fourth-order valence-electron chi connectivity index (χ4n) is 2.83. The van der Waals surface area contributed by atoms with Crippen LogP contribution in [0.15, 0.2) is 57.9 Å². The summed E-state index contributed by atoms with van der Waals surface area (Å²) in [6.45, 7) is 1.64. The number of aromatic nitrogens is 1. The van der Waals surface area contributed by atoms with Crippen LogP contribution in [0, 0.1) is 12.7 Å². The van der Waals surface area contributed by atoms with E-state index in [0.29, 0.717) is 0 Å². The summed E-state index contributed by atoms with van der Waals surface area (Å²) >= 11 is 6.07. The Hall–Kier alpha value is -2.71. The first-order chi connectivity index (χ1) is 13.8. The second-order valence-electron chi connectivity index (χ2n) is 6.30. The molecule has 0 fully saturated rings. The number of nitrogens with one attached hydrogen (secondary N) is 1. The van der Waals surface area contributed by atoms with E-state index in [1.165, 1.54) is 37.3 Å². The smallest absolute Gasteiger partial charge is 0.257 e. The highest BCUT2D eigenvalue weighted by atomic mass is 35.5. The quantitative estimate of drug-likeness (QED) is 0.564. The number of benzene rings is 2. The number of aryl methyl sites for hydroxylation is 1. The lowest BCUT2D eigenvalue weighted by Crippen LogP contribution is -2.26. The lowest BCUT2D eigenvalue weighted by atomic mass is 10.0. The molecule has 0 bridgehead atoms. The van der Waals surface area contributed by atoms with Gasteiger partial charge in [0, 0.05) is 6.54 Å². The Morgan fingerprint density at radius 1 is 1.17 bits per heavy atom. The average molecular weight is 437 g/mol. The van der Waals surface area contributed by atoms with Crippen LogP contribution in [0.25, 0.3) is 11.3 Å². The molecule has 0 atom stereocenters. The summed E-state index contributed by atoms with van der Waals surface area (Å²) in [6, 6.07) is 12.2. The molecule has 0 radical (unpaired) electrons. The summed E-state index contributed by atoms with van der Waals surface area (Å²) in [4.78, 5) is 12.8. The topological polar surface area (TPSA) is 89.3 Å². The maximum atomic E-state index is 14.2. The van der Waals surface area contributed by atoms with Crippen molar-refractivity contribution < 1.29 is 22.1 Å². The highest BCUT2D eigenvalue weighted by molar-refractivity contribution is 7.91. The normalized spacial score (nSPS) is 11.4. The number of hydrogen-bond donors (Lipinski definition) is 1. The van der Waals surface area contributed by atoms with E-state index in [0.717, 1.165) is 0 Å². The van der Waals surface area contributed by atoms with Gasteiger partial charge in [-0.2, -0.15) is 0 Å². The number of sulfone groups is 1. The summed E-state index contributed by atoms with van der Waals surface area (Å²) < 4.78 is 43.9. The first-order valence-electron chi connectivity index (χ1n) is 8.78. The van der Waals surface area contributed by atoms with Gasteiger partial charge < -0.3 is 9.84 Å². The SMILES string of the molecule is Cc1onc(-c2c(F)cccc2Cl)c1C(=O)NCCCS(=O)(=O)c1ccccc1. The van der Waals surface area contributed by atoms with Gasteiger partial charge in [0.1, 0.15) is 22.8 Å². The van der Waals surface area contributed by atoms with E-state index < -0.39 is 21.6 Å². The Labute approximate surface area is 172 Å². The summed E-state index contributed by atoms with van der Waals surface area (Å²) in [6.07, 6.45) is 0.211. The predicted molar refractivity (Wildman–Crippen MR) is 107 cm³/mol. The molecule has 0 unspecified atom stereocenters. The van der Waals surface area contributed by atoms with E-state index in [-0.39, 0.29) is 51.2 Å². The molecule has 9 heteroatoms. The van der Waals surface area contributed by atoms with Crippen molar-refractivity contribution in [3.05, 3.63) is 70.7 Å². The van der Waals surface area contributed by atoms with Crippen molar-refractivity contribution >= 4 is 27.3 Å². The highest BCUT2D eigenvalue weighted by Crippen LogP contribution is 2.33. The van der Waals surface area contributed by atoms with Crippen LogP contribution >= 0.6 is 11.6 Å². The van der Waals surface area contributed by atoms with Gasteiger partial charge in [0.05, 0.1) is 21.2 Å². The Morgan fingerprint density at radius 3 is 2.59 bits per heavy atom. The maximum Gasteiger partial charge on any atom is 0.257 e. The minimum Gasteiger partial charge on any atom is -0.360 e. The fourth-order valence-corrected chi connectivity index (χ4v) is 4.42. The van der Waals surface area contributed by atoms with Crippen molar-refractivity contribution in [1.82, 2.24) is 10.5 Å². The van der Waals surface area contributed by atoms with E-state index in [9.17, 15) is 17.6 Å². The van der Waals surface area contributed by atoms with Gasteiger partial charge in [-0.1, -0.05) is 41.0 Å². The summed E-state index contributed by atoms with van der Waals surface area (Å²) in [5, 5.41) is 6.51. The van der Waals surface area contributed by atoms with Crippen LogP contribution in [-0.4, -0.2) is 31.8 Å². The van der Waals surface area contributed by atoms with Crippen molar-refractivity contribution in [2.75, 3.05) is 12.3 Å². The fraction of sp³-hybridized carbons (Fsp3) is 0.200. The summed E-state index contributed by atoms with van der Waals surface area (Å²) in [5.74, 6) is -1.09. The standard InChI is InChI=1S/C20H18ClFN2O4S/c1-13-17(19(24-28-13)18-15(21)9-5-10-16(18)22)20(25)23-11-6-12-29(26,27)14-7-3-2-4-8-14/h2-5,7-10H,6,11-12H2,1H3,(H,23,25). The molecule has 0 saturated carbocycles. The van der Waals surface area contributed by atoms with Crippen molar-refractivity contribution in [3.63, 3.8) is 0 Å². The molecule has 152 valence electrons. The van der Waals surface area contributed by atoms with E-state index in [1.807, 2.05) is 0 Å². The molecular formula is C20H18ClFN2O4S. The molecule has 0 spiro atoms. The predicted octanol–water partition coefficient (Wildman–Crippen LogP) is 4.04. The van der Waals surface area contributed by atoms with Crippen LogP contribution in [0.1, 0.15) is 22.5 Å². The third kappa shape index (κ3) is 4.65. The minimum atomic E-state index is -3.43. The number of rotatable bonds is 7.